The van der Waals surface area contributed by atoms with Crippen LogP contribution in [0.15, 0.2) is 53.5 Å². The Kier molecular flexibility index (Phi) is 4.63. The number of para-hydroxylation sites is 1. The van der Waals surface area contributed by atoms with Crippen molar-refractivity contribution in [2.45, 2.75) is 19.1 Å². The SMILES string of the molecule is COCC1N=C(c2cccc(C)c2OC)O[C@H]1c1ccccc1. The first-order valence-electron chi connectivity index (χ1n) is 7.67. The van der Waals surface area contributed by atoms with Crippen LogP contribution in [0.4, 0.5) is 0 Å². The monoisotopic (exact) mass is 311 g/mol. The highest BCUT2D eigenvalue weighted by Crippen LogP contribution is 2.34. The third-order valence-electron chi connectivity index (χ3n) is 3.98. The number of rotatable bonds is 5. The van der Waals surface area contributed by atoms with Crippen molar-refractivity contribution in [2.75, 3.05) is 20.8 Å². The summed E-state index contributed by atoms with van der Waals surface area (Å²) in [4.78, 5) is 4.74. The molecule has 0 fully saturated rings. The minimum atomic E-state index is -0.142. The molecule has 2 atom stereocenters. The van der Waals surface area contributed by atoms with Crippen LogP contribution in [0.5, 0.6) is 5.75 Å². The predicted octanol–water partition coefficient (Wildman–Crippen LogP) is 3.54. The van der Waals surface area contributed by atoms with Gasteiger partial charge in [0.25, 0.3) is 0 Å². The lowest BCUT2D eigenvalue weighted by Gasteiger charge is -2.18. The largest absolute Gasteiger partial charge is 0.496 e. The molecule has 4 heteroatoms. The third-order valence-corrected chi connectivity index (χ3v) is 3.98. The van der Waals surface area contributed by atoms with Gasteiger partial charge in [0.2, 0.25) is 5.90 Å². The molecule has 23 heavy (non-hydrogen) atoms. The van der Waals surface area contributed by atoms with E-state index in [-0.39, 0.29) is 12.1 Å². The summed E-state index contributed by atoms with van der Waals surface area (Å²) in [7, 11) is 3.35. The van der Waals surface area contributed by atoms with Crippen molar-refractivity contribution >= 4 is 5.90 Å². The summed E-state index contributed by atoms with van der Waals surface area (Å²) in [6, 6.07) is 16.0. The summed E-state index contributed by atoms with van der Waals surface area (Å²) in [5.41, 5.74) is 3.04. The quantitative estimate of drug-likeness (QED) is 0.848. The second kappa shape index (κ2) is 6.84. The van der Waals surface area contributed by atoms with E-state index in [1.165, 1.54) is 0 Å². The van der Waals surface area contributed by atoms with Crippen molar-refractivity contribution in [1.82, 2.24) is 0 Å². The maximum Gasteiger partial charge on any atom is 0.221 e. The zero-order valence-corrected chi connectivity index (χ0v) is 13.7. The second-order valence-corrected chi connectivity index (χ2v) is 5.56. The van der Waals surface area contributed by atoms with Crippen LogP contribution in [0.25, 0.3) is 0 Å². The Balaban J connectivity index is 1.96. The van der Waals surface area contributed by atoms with E-state index in [0.717, 1.165) is 22.4 Å². The van der Waals surface area contributed by atoms with Gasteiger partial charge in [0, 0.05) is 7.11 Å². The number of ether oxygens (including phenoxy) is 3. The highest BCUT2D eigenvalue weighted by Gasteiger charge is 2.34. The van der Waals surface area contributed by atoms with Gasteiger partial charge in [0.1, 0.15) is 11.8 Å². The van der Waals surface area contributed by atoms with Gasteiger partial charge in [-0.25, -0.2) is 4.99 Å². The number of benzene rings is 2. The number of methoxy groups -OCH3 is 2. The normalized spacial score (nSPS) is 20.0. The van der Waals surface area contributed by atoms with Crippen molar-refractivity contribution in [3.63, 3.8) is 0 Å². The van der Waals surface area contributed by atoms with Crippen molar-refractivity contribution in [3.8, 4) is 5.75 Å². The van der Waals surface area contributed by atoms with Gasteiger partial charge in [-0.15, -0.1) is 0 Å². The number of hydrogen-bond donors (Lipinski definition) is 0. The van der Waals surface area contributed by atoms with E-state index < -0.39 is 0 Å². The number of aliphatic imine (C=N–C) groups is 1. The van der Waals surface area contributed by atoms with Crippen molar-refractivity contribution in [1.29, 1.82) is 0 Å². The van der Waals surface area contributed by atoms with E-state index in [4.69, 9.17) is 19.2 Å². The highest BCUT2D eigenvalue weighted by molar-refractivity contribution is 5.98. The van der Waals surface area contributed by atoms with Crippen LogP contribution in [0.1, 0.15) is 22.8 Å². The summed E-state index contributed by atoms with van der Waals surface area (Å²) in [5, 5.41) is 0. The molecule has 0 aromatic heterocycles. The molecule has 2 aromatic rings. The molecule has 0 aliphatic carbocycles. The molecule has 0 N–H and O–H groups in total. The summed E-state index contributed by atoms with van der Waals surface area (Å²) in [6.07, 6.45) is -0.142. The first kappa shape index (κ1) is 15.6. The average Bonchev–Trinajstić information content (AvgIpc) is 2.99. The zero-order valence-electron chi connectivity index (χ0n) is 13.7. The van der Waals surface area contributed by atoms with Gasteiger partial charge >= 0.3 is 0 Å². The Bertz CT molecular complexity index is 697. The van der Waals surface area contributed by atoms with E-state index in [1.807, 2.05) is 43.3 Å². The fourth-order valence-electron chi connectivity index (χ4n) is 2.90. The van der Waals surface area contributed by atoms with E-state index in [9.17, 15) is 0 Å². The van der Waals surface area contributed by atoms with E-state index in [1.54, 1.807) is 14.2 Å². The van der Waals surface area contributed by atoms with Crippen molar-refractivity contribution < 1.29 is 14.2 Å². The van der Waals surface area contributed by atoms with Crippen LogP contribution in [0.3, 0.4) is 0 Å². The molecule has 4 nitrogen and oxygen atoms in total. The maximum atomic E-state index is 6.19. The molecule has 0 bridgehead atoms. The van der Waals surface area contributed by atoms with E-state index >= 15 is 0 Å². The van der Waals surface area contributed by atoms with Crippen LogP contribution in [-0.2, 0) is 9.47 Å². The van der Waals surface area contributed by atoms with E-state index in [0.29, 0.717) is 12.5 Å². The molecule has 0 radical (unpaired) electrons. The third kappa shape index (κ3) is 3.08. The molecular formula is C19H21NO3. The Morgan fingerprint density at radius 3 is 2.52 bits per heavy atom. The Morgan fingerprint density at radius 2 is 1.83 bits per heavy atom. The second-order valence-electron chi connectivity index (χ2n) is 5.56. The standard InChI is InChI=1S/C19H21NO3/c1-13-8-7-11-15(17(13)22-3)19-20-16(12-21-2)18(23-19)14-9-5-4-6-10-14/h4-11,16,18H,12H2,1-3H3/t16?,18-/m0/s1. The van der Waals surface area contributed by atoms with Crippen LogP contribution in [0.2, 0.25) is 0 Å². The lowest BCUT2D eigenvalue weighted by Crippen LogP contribution is -2.19. The van der Waals surface area contributed by atoms with Gasteiger partial charge < -0.3 is 14.2 Å². The molecule has 0 amide bonds. The fourth-order valence-corrected chi connectivity index (χ4v) is 2.90. The van der Waals surface area contributed by atoms with Crippen LogP contribution < -0.4 is 4.74 Å². The first-order chi connectivity index (χ1) is 11.2. The van der Waals surface area contributed by atoms with E-state index in [2.05, 4.69) is 12.1 Å². The van der Waals surface area contributed by atoms with Gasteiger partial charge in [-0.3, -0.25) is 0 Å². The molecule has 0 spiro atoms. The molecule has 1 aliphatic rings. The first-order valence-corrected chi connectivity index (χ1v) is 7.67. The summed E-state index contributed by atoms with van der Waals surface area (Å²) in [6.45, 7) is 2.52. The molecule has 3 rings (SSSR count). The Hall–Kier alpha value is -2.33. The maximum absolute atomic E-state index is 6.19. The Labute approximate surface area is 136 Å². The van der Waals surface area contributed by atoms with Crippen LogP contribution in [0, 0.1) is 6.92 Å². The molecular weight excluding hydrogens is 290 g/mol. The van der Waals surface area contributed by atoms with Gasteiger partial charge in [0.15, 0.2) is 6.10 Å². The highest BCUT2D eigenvalue weighted by atomic mass is 16.5. The fraction of sp³-hybridized carbons (Fsp3) is 0.316. The zero-order chi connectivity index (χ0) is 16.2. The minimum Gasteiger partial charge on any atom is -0.496 e. The summed E-state index contributed by atoms with van der Waals surface area (Å²) >= 11 is 0. The van der Waals surface area contributed by atoms with Crippen molar-refractivity contribution in [2.24, 2.45) is 4.99 Å². The molecule has 2 aromatic carbocycles. The smallest absolute Gasteiger partial charge is 0.221 e. The Morgan fingerprint density at radius 1 is 1.04 bits per heavy atom. The number of hydrogen-bond acceptors (Lipinski definition) is 4. The molecule has 1 aliphatic heterocycles. The lowest BCUT2D eigenvalue weighted by molar-refractivity contribution is 0.120. The topological polar surface area (TPSA) is 40.0 Å². The molecule has 0 saturated carbocycles. The summed E-state index contributed by atoms with van der Waals surface area (Å²) in [5.74, 6) is 1.41. The molecule has 0 saturated heterocycles. The predicted molar refractivity (Wildman–Crippen MR) is 90.2 cm³/mol. The van der Waals surface area contributed by atoms with Crippen molar-refractivity contribution in [3.05, 3.63) is 65.2 Å². The molecule has 1 unspecified atom stereocenters. The van der Waals surface area contributed by atoms with Crippen LogP contribution >= 0.6 is 0 Å². The van der Waals surface area contributed by atoms with Gasteiger partial charge in [-0.05, 0) is 24.1 Å². The molecule has 120 valence electrons. The van der Waals surface area contributed by atoms with Gasteiger partial charge in [0.05, 0.1) is 19.3 Å². The van der Waals surface area contributed by atoms with Gasteiger partial charge in [-0.2, -0.15) is 0 Å². The van der Waals surface area contributed by atoms with Gasteiger partial charge in [-0.1, -0.05) is 42.5 Å². The lowest BCUT2D eigenvalue weighted by atomic mass is 10.0. The summed E-state index contributed by atoms with van der Waals surface area (Å²) < 4.78 is 17.0. The van der Waals surface area contributed by atoms with Crippen LogP contribution in [-0.4, -0.2) is 32.8 Å². The minimum absolute atomic E-state index is 0.0670. The molecule has 1 heterocycles. The average molecular weight is 311 g/mol. The number of nitrogens with zero attached hydrogens (tertiary/aromatic N) is 1. The number of aryl methyl sites for hydroxylation is 1.